The normalized spacial score (nSPS) is 16.5. The predicted molar refractivity (Wildman–Crippen MR) is 77.2 cm³/mol. The minimum absolute atomic E-state index is 0.496. The van der Waals surface area contributed by atoms with Gasteiger partial charge in [0, 0.05) is 16.5 Å². The minimum Gasteiger partial charge on any atom is -0.142 e. The van der Waals surface area contributed by atoms with E-state index in [1.54, 1.807) is 0 Å². The molecule has 0 aliphatic heterocycles. The summed E-state index contributed by atoms with van der Waals surface area (Å²) >= 11 is 7.90. The van der Waals surface area contributed by atoms with Gasteiger partial charge in [0.2, 0.25) is 0 Å². The molecule has 1 aliphatic carbocycles. The van der Waals surface area contributed by atoms with Gasteiger partial charge in [0.25, 0.3) is 0 Å². The molecular formula is C14H15ClN2S. The van der Waals surface area contributed by atoms with Crippen LogP contribution in [0, 0.1) is 5.92 Å². The van der Waals surface area contributed by atoms with E-state index in [9.17, 15) is 0 Å². The highest BCUT2D eigenvalue weighted by molar-refractivity contribution is 7.99. The van der Waals surface area contributed by atoms with Crippen molar-refractivity contribution in [3.8, 4) is 0 Å². The molecule has 1 aromatic heterocycles. The maximum atomic E-state index is 6.07. The molecule has 1 saturated carbocycles. The van der Waals surface area contributed by atoms with E-state index < -0.39 is 0 Å². The van der Waals surface area contributed by atoms with E-state index in [4.69, 9.17) is 11.6 Å². The predicted octanol–water partition coefficient (Wildman–Crippen LogP) is 4.57. The molecule has 18 heavy (non-hydrogen) atoms. The van der Waals surface area contributed by atoms with Gasteiger partial charge in [0.05, 0.1) is 0 Å². The number of fused-ring (bicyclic) bond motifs is 1. The van der Waals surface area contributed by atoms with Crippen LogP contribution in [0.4, 0.5) is 0 Å². The zero-order chi connectivity index (χ0) is 12.4. The molecule has 1 heterocycles. The van der Waals surface area contributed by atoms with Gasteiger partial charge in [-0.15, -0.1) is 22.0 Å². The largest absolute Gasteiger partial charge is 0.159 e. The molecule has 0 radical (unpaired) electrons. The maximum Gasteiger partial charge on any atom is 0.159 e. The van der Waals surface area contributed by atoms with Gasteiger partial charge in [-0.3, -0.25) is 0 Å². The number of hydrogen-bond donors (Lipinski definition) is 0. The fraction of sp³-hybridized carbons (Fsp3) is 0.429. The van der Waals surface area contributed by atoms with Crippen molar-refractivity contribution in [2.24, 2.45) is 5.92 Å². The smallest absolute Gasteiger partial charge is 0.142 e. The number of hydrogen-bond acceptors (Lipinski definition) is 3. The second-order valence-corrected chi connectivity index (χ2v) is 6.17. The Kier molecular flexibility index (Phi) is 3.71. The van der Waals surface area contributed by atoms with E-state index in [1.165, 1.54) is 25.7 Å². The van der Waals surface area contributed by atoms with E-state index in [2.05, 4.69) is 16.3 Å². The summed E-state index contributed by atoms with van der Waals surface area (Å²) in [7, 11) is 0. The Balaban J connectivity index is 1.85. The van der Waals surface area contributed by atoms with Crippen LogP contribution in [0.5, 0.6) is 0 Å². The zero-order valence-corrected chi connectivity index (χ0v) is 11.7. The van der Waals surface area contributed by atoms with Crippen LogP contribution >= 0.6 is 23.4 Å². The van der Waals surface area contributed by atoms with E-state index in [0.717, 1.165) is 27.5 Å². The number of benzene rings is 1. The van der Waals surface area contributed by atoms with Crippen molar-refractivity contribution in [1.29, 1.82) is 0 Å². The summed E-state index contributed by atoms with van der Waals surface area (Å²) in [6, 6.07) is 8.10. The summed E-state index contributed by atoms with van der Waals surface area (Å²) in [6.07, 6.45) is 5.51. The maximum absolute atomic E-state index is 6.07. The Labute approximate surface area is 116 Å². The third kappa shape index (κ3) is 2.47. The van der Waals surface area contributed by atoms with Crippen molar-refractivity contribution in [1.82, 2.24) is 10.2 Å². The minimum atomic E-state index is 0.496. The van der Waals surface area contributed by atoms with Crippen LogP contribution in [0.3, 0.4) is 0 Å². The summed E-state index contributed by atoms with van der Waals surface area (Å²) in [5.74, 6) is 2.01. The summed E-state index contributed by atoms with van der Waals surface area (Å²) in [4.78, 5) is 0. The standard InChI is InChI=1S/C14H15ClN2S/c15-13-11-7-3-4-8-12(11)14(17-16-13)18-9-10-5-1-2-6-10/h3-4,7-8,10H,1-2,5-6,9H2. The lowest BCUT2D eigenvalue weighted by Gasteiger charge is -2.09. The van der Waals surface area contributed by atoms with Crippen LogP contribution < -0.4 is 0 Å². The summed E-state index contributed by atoms with van der Waals surface area (Å²) in [5.41, 5.74) is 0. The molecule has 2 nitrogen and oxygen atoms in total. The van der Waals surface area contributed by atoms with Gasteiger partial charge in [0.15, 0.2) is 5.15 Å². The molecule has 0 atom stereocenters. The molecule has 3 rings (SSSR count). The molecule has 0 saturated heterocycles. The van der Waals surface area contributed by atoms with Crippen molar-refractivity contribution in [3.05, 3.63) is 29.4 Å². The van der Waals surface area contributed by atoms with Gasteiger partial charge in [-0.2, -0.15) is 0 Å². The molecule has 1 aromatic carbocycles. The first kappa shape index (κ1) is 12.2. The van der Waals surface area contributed by atoms with Crippen LogP contribution in [-0.4, -0.2) is 16.0 Å². The van der Waals surface area contributed by atoms with E-state index >= 15 is 0 Å². The van der Waals surface area contributed by atoms with Crippen molar-refractivity contribution in [2.45, 2.75) is 30.7 Å². The van der Waals surface area contributed by atoms with Crippen LogP contribution in [0.2, 0.25) is 5.15 Å². The first-order valence-electron chi connectivity index (χ1n) is 6.38. The molecule has 0 bridgehead atoms. The topological polar surface area (TPSA) is 25.8 Å². The Bertz CT molecular complexity index is 552. The van der Waals surface area contributed by atoms with Crippen molar-refractivity contribution >= 4 is 34.1 Å². The first-order valence-corrected chi connectivity index (χ1v) is 7.74. The highest BCUT2D eigenvalue weighted by atomic mass is 35.5. The molecule has 1 aliphatic rings. The van der Waals surface area contributed by atoms with Gasteiger partial charge in [-0.1, -0.05) is 48.7 Å². The van der Waals surface area contributed by atoms with Gasteiger partial charge in [0.1, 0.15) is 5.03 Å². The van der Waals surface area contributed by atoms with Crippen molar-refractivity contribution in [3.63, 3.8) is 0 Å². The van der Waals surface area contributed by atoms with E-state index in [1.807, 2.05) is 30.0 Å². The van der Waals surface area contributed by atoms with Gasteiger partial charge >= 0.3 is 0 Å². The molecule has 0 N–H and O–H groups in total. The zero-order valence-electron chi connectivity index (χ0n) is 10.1. The molecule has 94 valence electrons. The van der Waals surface area contributed by atoms with Gasteiger partial charge in [-0.05, 0) is 18.8 Å². The Morgan fingerprint density at radius 3 is 2.61 bits per heavy atom. The summed E-state index contributed by atoms with van der Waals surface area (Å²) < 4.78 is 0. The number of thioether (sulfide) groups is 1. The van der Waals surface area contributed by atoms with Gasteiger partial charge < -0.3 is 0 Å². The van der Waals surface area contributed by atoms with Crippen LogP contribution in [-0.2, 0) is 0 Å². The van der Waals surface area contributed by atoms with Crippen molar-refractivity contribution < 1.29 is 0 Å². The monoisotopic (exact) mass is 278 g/mol. The third-order valence-electron chi connectivity index (χ3n) is 3.54. The second-order valence-electron chi connectivity index (χ2n) is 4.80. The molecular weight excluding hydrogens is 264 g/mol. The molecule has 1 fully saturated rings. The van der Waals surface area contributed by atoms with E-state index in [-0.39, 0.29) is 0 Å². The SMILES string of the molecule is Clc1nnc(SCC2CCCC2)c2ccccc12. The highest BCUT2D eigenvalue weighted by Crippen LogP contribution is 2.33. The molecule has 0 amide bonds. The average molecular weight is 279 g/mol. The fourth-order valence-electron chi connectivity index (χ4n) is 2.53. The van der Waals surface area contributed by atoms with Crippen molar-refractivity contribution in [2.75, 3.05) is 5.75 Å². The summed E-state index contributed by atoms with van der Waals surface area (Å²) in [5, 5.41) is 11.9. The lowest BCUT2D eigenvalue weighted by molar-refractivity contribution is 0.623. The van der Waals surface area contributed by atoms with E-state index in [0.29, 0.717) is 5.15 Å². The van der Waals surface area contributed by atoms with Crippen LogP contribution in [0.15, 0.2) is 29.3 Å². The number of aromatic nitrogens is 2. The molecule has 0 spiro atoms. The lowest BCUT2D eigenvalue weighted by atomic mass is 10.1. The van der Waals surface area contributed by atoms with Gasteiger partial charge in [-0.25, -0.2) is 0 Å². The molecule has 2 aromatic rings. The fourth-order valence-corrected chi connectivity index (χ4v) is 3.89. The Morgan fingerprint density at radius 2 is 1.83 bits per heavy atom. The number of nitrogens with zero attached hydrogens (tertiary/aromatic N) is 2. The Hall–Kier alpha value is -0.800. The van der Waals surface area contributed by atoms with Crippen LogP contribution in [0.1, 0.15) is 25.7 Å². The van der Waals surface area contributed by atoms with Crippen LogP contribution in [0.25, 0.3) is 10.8 Å². The third-order valence-corrected chi connectivity index (χ3v) is 5.03. The summed E-state index contributed by atoms with van der Waals surface area (Å²) in [6.45, 7) is 0. The second kappa shape index (κ2) is 5.45. The Morgan fingerprint density at radius 1 is 1.11 bits per heavy atom. The lowest BCUT2D eigenvalue weighted by Crippen LogP contribution is -1.98. The number of rotatable bonds is 3. The first-order chi connectivity index (χ1) is 8.84. The highest BCUT2D eigenvalue weighted by Gasteiger charge is 2.16. The average Bonchev–Trinajstić information content (AvgIpc) is 2.92. The molecule has 4 heteroatoms. The quantitative estimate of drug-likeness (QED) is 0.770. The molecule has 0 unspecified atom stereocenters. The number of halogens is 1.